The molecule has 2 rings (SSSR count). The normalized spacial score (nSPS) is 12.1. The highest BCUT2D eigenvalue weighted by molar-refractivity contribution is 6.61. The van der Waals surface area contributed by atoms with Gasteiger partial charge in [0.05, 0.1) is 16.7 Å². The molecule has 134 valence electrons. The molecule has 0 aliphatic rings. The van der Waals surface area contributed by atoms with Crippen molar-refractivity contribution in [3.05, 3.63) is 47.4 Å². The number of halogens is 1. The number of benzene rings is 1. The highest BCUT2D eigenvalue weighted by atomic mass is 35.5. The lowest BCUT2D eigenvalue weighted by atomic mass is 9.77. The summed E-state index contributed by atoms with van der Waals surface area (Å²) in [7, 11) is -1.38. The van der Waals surface area contributed by atoms with E-state index in [1.165, 1.54) is 6.20 Å². The van der Waals surface area contributed by atoms with Crippen LogP contribution in [0.4, 0.5) is 0 Å². The lowest BCUT2D eigenvalue weighted by Crippen LogP contribution is -2.53. The van der Waals surface area contributed by atoms with E-state index in [0.29, 0.717) is 0 Å². The Bertz CT molecular complexity index is 708. The van der Waals surface area contributed by atoms with Crippen LogP contribution in [-0.4, -0.2) is 38.4 Å². The van der Waals surface area contributed by atoms with Gasteiger partial charge in [-0.15, -0.1) is 0 Å². The molecule has 2 N–H and O–H groups in total. The zero-order valence-corrected chi connectivity index (χ0v) is 15.5. The molecular formula is C17H22BClN2O4. The van der Waals surface area contributed by atoms with Gasteiger partial charge in [-0.3, -0.25) is 0 Å². The molecule has 25 heavy (non-hydrogen) atoms. The fourth-order valence-corrected chi connectivity index (χ4v) is 1.98. The van der Waals surface area contributed by atoms with Crippen molar-refractivity contribution >= 4 is 24.2 Å². The first-order valence-corrected chi connectivity index (χ1v) is 8.25. The molecule has 0 spiro atoms. The SMILES string of the molecule is CC(C)(O)C(C)(C)OB(O)c1cnc(Cl)nc1OCc1ccccc1. The third-order valence-corrected chi connectivity index (χ3v) is 4.30. The Morgan fingerprint density at radius 2 is 1.80 bits per heavy atom. The molecule has 2 aromatic rings. The minimum absolute atomic E-state index is 0.000704. The summed E-state index contributed by atoms with van der Waals surface area (Å²) >= 11 is 5.84. The van der Waals surface area contributed by atoms with Gasteiger partial charge in [0.15, 0.2) is 0 Å². The molecular weight excluding hydrogens is 342 g/mol. The third kappa shape index (κ3) is 5.15. The Balaban J connectivity index is 2.20. The Kier molecular flexibility index (Phi) is 6.05. The molecule has 6 nitrogen and oxygen atoms in total. The number of hydrogen-bond acceptors (Lipinski definition) is 6. The summed E-state index contributed by atoms with van der Waals surface area (Å²) in [6, 6.07) is 9.53. The van der Waals surface area contributed by atoms with Crippen LogP contribution in [0, 0.1) is 0 Å². The summed E-state index contributed by atoms with van der Waals surface area (Å²) in [5.41, 5.74) is -1.03. The van der Waals surface area contributed by atoms with Crippen molar-refractivity contribution in [3.8, 4) is 5.88 Å². The first kappa shape index (κ1) is 19.7. The van der Waals surface area contributed by atoms with Crippen molar-refractivity contribution in [2.45, 2.75) is 45.5 Å². The van der Waals surface area contributed by atoms with E-state index >= 15 is 0 Å². The van der Waals surface area contributed by atoms with Crippen molar-refractivity contribution in [3.63, 3.8) is 0 Å². The Morgan fingerprint density at radius 1 is 1.16 bits per heavy atom. The summed E-state index contributed by atoms with van der Waals surface area (Å²) in [4.78, 5) is 7.91. The first-order chi connectivity index (χ1) is 11.6. The molecule has 8 heteroatoms. The van der Waals surface area contributed by atoms with Crippen molar-refractivity contribution in [1.29, 1.82) is 0 Å². The lowest BCUT2D eigenvalue weighted by Gasteiger charge is -2.38. The zero-order chi connectivity index (χ0) is 18.7. The quantitative estimate of drug-likeness (QED) is 0.577. The van der Waals surface area contributed by atoms with Gasteiger partial charge in [0.25, 0.3) is 0 Å². The van der Waals surface area contributed by atoms with Gasteiger partial charge in [0, 0.05) is 6.20 Å². The molecule has 0 saturated heterocycles. The van der Waals surface area contributed by atoms with Crippen LogP contribution in [0.25, 0.3) is 0 Å². The maximum Gasteiger partial charge on any atom is 0.498 e. The minimum atomic E-state index is -1.38. The highest BCUT2D eigenvalue weighted by Gasteiger charge is 2.40. The number of nitrogens with zero attached hydrogens (tertiary/aromatic N) is 2. The van der Waals surface area contributed by atoms with E-state index in [1.807, 2.05) is 30.3 Å². The zero-order valence-electron chi connectivity index (χ0n) is 14.7. The van der Waals surface area contributed by atoms with Crippen LogP contribution in [0.2, 0.25) is 5.28 Å². The monoisotopic (exact) mass is 364 g/mol. The Morgan fingerprint density at radius 3 is 2.40 bits per heavy atom. The highest BCUT2D eigenvalue weighted by Crippen LogP contribution is 2.26. The summed E-state index contributed by atoms with van der Waals surface area (Å²) in [5, 5.41) is 20.6. The Labute approximate surface area is 152 Å². The number of rotatable bonds is 7. The smallest absolute Gasteiger partial charge is 0.473 e. The molecule has 0 radical (unpaired) electrons. The van der Waals surface area contributed by atoms with Crippen molar-refractivity contribution in [1.82, 2.24) is 9.97 Å². The molecule has 0 unspecified atom stereocenters. The van der Waals surface area contributed by atoms with Crippen molar-refractivity contribution in [2.75, 3.05) is 0 Å². The van der Waals surface area contributed by atoms with Crippen LogP contribution < -0.4 is 10.2 Å². The molecule has 1 aromatic carbocycles. The second-order valence-corrected chi connectivity index (χ2v) is 7.05. The van der Waals surface area contributed by atoms with Crippen molar-refractivity contribution in [2.24, 2.45) is 0 Å². The number of hydrogen-bond donors (Lipinski definition) is 2. The van der Waals surface area contributed by atoms with Crippen LogP contribution in [0.15, 0.2) is 36.5 Å². The predicted molar refractivity (Wildman–Crippen MR) is 96.9 cm³/mol. The van der Waals surface area contributed by atoms with E-state index < -0.39 is 18.3 Å². The van der Waals surface area contributed by atoms with Gasteiger partial charge in [-0.2, -0.15) is 4.98 Å². The van der Waals surface area contributed by atoms with Crippen LogP contribution in [0.3, 0.4) is 0 Å². The van der Waals surface area contributed by atoms with Gasteiger partial charge < -0.3 is 19.5 Å². The molecule has 0 bridgehead atoms. The second kappa shape index (κ2) is 7.70. The summed E-state index contributed by atoms with van der Waals surface area (Å²) in [6.45, 7) is 6.81. The van der Waals surface area contributed by atoms with Crippen LogP contribution in [-0.2, 0) is 11.3 Å². The number of aromatic nitrogens is 2. The molecule has 0 saturated carbocycles. The first-order valence-electron chi connectivity index (χ1n) is 7.87. The van der Waals surface area contributed by atoms with Gasteiger partial charge in [-0.05, 0) is 44.9 Å². The molecule has 0 fully saturated rings. The topological polar surface area (TPSA) is 84.7 Å². The fourth-order valence-electron chi connectivity index (χ4n) is 1.85. The largest absolute Gasteiger partial charge is 0.498 e. The maximum absolute atomic E-state index is 10.5. The Hall–Kier alpha value is -1.67. The van der Waals surface area contributed by atoms with E-state index in [9.17, 15) is 10.1 Å². The molecule has 0 atom stereocenters. The fraction of sp³-hybridized carbons (Fsp3) is 0.412. The number of aliphatic hydroxyl groups is 1. The average molecular weight is 365 g/mol. The van der Waals surface area contributed by atoms with Gasteiger partial charge >= 0.3 is 7.12 Å². The van der Waals surface area contributed by atoms with E-state index in [2.05, 4.69) is 9.97 Å². The molecule has 0 aliphatic heterocycles. The minimum Gasteiger partial charge on any atom is -0.473 e. The molecule has 0 amide bonds. The van der Waals surface area contributed by atoms with E-state index in [-0.39, 0.29) is 23.2 Å². The molecule has 1 heterocycles. The van der Waals surface area contributed by atoms with Crippen LogP contribution in [0.1, 0.15) is 33.3 Å². The van der Waals surface area contributed by atoms with Crippen LogP contribution in [0.5, 0.6) is 5.88 Å². The second-order valence-electron chi connectivity index (χ2n) is 6.71. The van der Waals surface area contributed by atoms with E-state index in [1.54, 1.807) is 27.7 Å². The number of ether oxygens (including phenoxy) is 1. The van der Waals surface area contributed by atoms with Gasteiger partial charge in [-0.25, -0.2) is 4.98 Å². The van der Waals surface area contributed by atoms with E-state index in [0.717, 1.165) is 5.56 Å². The predicted octanol–water partition coefficient (Wildman–Crippen LogP) is 1.96. The summed E-state index contributed by atoms with van der Waals surface area (Å²) < 4.78 is 11.3. The standard InChI is InChI=1S/C17H22BClN2O4/c1-16(2,22)17(3,4)25-18(23)13-10-20-15(19)21-14(13)24-11-12-8-6-5-7-9-12/h5-10,22-23H,11H2,1-4H3. The van der Waals surface area contributed by atoms with Gasteiger partial charge in [0.2, 0.25) is 11.2 Å². The third-order valence-electron chi connectivity index (χ3n) is 4.11. The summed E-state index contributed by atoms with van der Waals surface area (Å²) in [5.74, 6) is 0.128. The molecule has 0 aliphatic carbocycles. The lowest BCUT2D eigenvalue weighted by molar-refractivity contribution is -0.0983. The maximum atomic E-state index is 10.5. The van der Waals surface area contributed by atoms with Gasteiger partial charge in [0.1, 0.15) is 6.61 Å². The van der Waals surface area contributed by atoms with E-state index in [4.69, 9.17) is 21.0 Å². The van der Waals surface area contributed by atoms with Crippen molar-refractivity contribution < 1.29 is 19.5 Å². The molecule has 1 aromatic heterocycles. The summed E-state index contributed by atoms with van der Waals surface area (Å²) in [6.07, 6.45) is 1.35. The van der Waals surface area contributed by atoms with Gasteiger partial charge in [-0.1, -0.05) is 30.3 Å². The van der Waals surface area contributed by atoms with Crippen LogP contribution >= 0.6 is 11.6 Å². The average Bonchev–Trinajstić information content (AvgIpc) is 2.52.